The van der Waals surface area contributed by atoms with E-state index in [0.29, 0.717) is 0 Å². The van der Waals surface area contributed by atoms with E-state index in [2.05, 4.69) is 4.98 Å². The van der Waals surface area contributed by atoms with E-state index in [1.165, 1.54) is 0 Å². The van der Waals surface area contributed by atoms with Gasteiger partial charge in [0.05, 0.1) is 0 Å². The van der Waals surface area contributed by atoms with Crippen LogP contribution in [0.1, 0.15) is 5.69 Å². The number of H-pyrrole nitrogens is 1. The SMILES string of the molecule is CO[n+]1c[nH]c(C)c1.[I-]. The Kier molecular flexibility index (Phi) is 3.60. The highest BCUT2D eigenvalue weighted by atomic mass is 127. The molecule has 0 aromatic carbocycles. The summed E-state index contributed by atoms with van der Waals surface area (Å²) in [7, 11) is 1.62. The van der Waals surface area contributed by atoms with Gasteiger partial charge in [0.15, 0.2) is 6.20 Å². The van der Waals surface area contributed by atoms with Crippen LogP contribution in [0.3, 0.4) is 0 Å². The van der Waals surface area contributed by atoms with Gasteiger partial charge in [-0.15, -0.1) is 0 Å². The lowest BCUT2D eigenvalue weighted by molar-refractivity contribution is -0.884. The monoisotopic (exact) mass is 240 g/mol. The van der Waals surface area contributed by atoms with Crippen molar-refractivity contribution in [3.63, 3.8) is 0 Å². The second-order valence-corrected chi connectivity index (χ2v) is 1.63. The van der Waals surface area contributed by atoms with Crippen molar-refractivity contribution < 1.29 is 33.5 Å². The maximum absolute atomic E-state index is 4.82. The quantitative estimate of drug-likeness (QED) is 0.404. The molecule has 52 valence electrons. The highest BCUT2D eigenvalue weighted by Gasteiger charge is 1.96. The van der Waals surface area contributed by atoms with Crippen LogP contribution in [-0.2, 0) is 0 Å². The van der Waals surface area contributed by atoms with E-state index < -0.39 is 0 Å². The number of nitrogens with one attached hydrogen (secondary N) is 1. The molecule has 0 aliphatic rings. The Labute approximate surface area is 71.0 Å². The predicted molar refractivity (Wildman–Crippen MR) is 28.2 cm³/mol. The molecule has 0 radical (unpaired) electrons. The third kappa shape index (κ3) is 2.21. The molecule has 0 aliphatic carbocycles. The van der Waals surface area contributed by atoms with Crippen LogP contribution in [0.25, 0.3) is 0 Å². The Morgan fingerprint density at radius 3 is 2.56 bits per heavy atom. The summed E-state index contributed by atoms with van der Waals surface area (Å²) in [6, 6.07) is 0. The van der Waals surface area contributed by atoms with Crippen LogP contribution < -0.4 is 33.5 Å². The number of imidazole rings is 1. The first kappa shape index (κ1) is 8.74. The highest BCUT2D eigenvalue weighted by Crippen LogP contribution is 1.79. The fourth-order valence-electron chi connectivity index (χ4n) is 0.536. The minimum absolute atomic E-state index is 0. The zero-order chi connectivity index (χ0) is 5.98. The number of aryl methyl sites for hydroxylation is 1. The number of aromatic nitrogens is 2. The summed E-state index contributed by atoms with van der Waals surface area (Å²) < 4.78 is 1.61. The van der Waals surface area contributed by atoms with Gasteiger partial charge >= 0.3 is 0 Å². The third-order valence-corrected chi connectivity index (χ3v) is 0.951. The highest BCUT2D eigenvalue weighted by molar-refractivity contribution is 4.82. The van der Waals surface area contributed by atoms with E-state index in [4.69, 9.17) is 4.84 Å². The van der Waals surface area contributed by atoms with Crippen molar-refractivity contribution in [2.75, 3.05) is 7.11 Å². The number of rotatable bonds is 1. The molecule has 1 rings (SSSR count). The molecule has 0 saturated carbocycles. The van der Waals surface area contributed by atoms with E-state index in [1.807, 2.05) is 13.1 Å². The number of hydrogen-bond donors (Lipinski definition) is 1. The first-order valence-electron chi connectivity index (χ1n) is 2.43. The fourth-order valence-corrected chi connectivity index (χ4v) is 0.536. The second-order valence-electron chi connectivity index (χ2n) is 1.63. The Bertz CT molecular complexity index is 175. The lowest BCUT2D eigenvalue weighted by Crippen LogP contribution is -3.00. The van der Waals surface area contributed by atoms with Gasteiger partial charge in [0.25, 0.3) is 6.33 Å². The average Bonchev–Trinajstić information content (AvgIpc) is 2.14. The topological polar surface area (TPSA) is 28.9 Å². The Balaban J connectivity index is 0.000000640. The molecule has 1 N–H and O–H groups in total. The van der Waals surface area contributed by atoms with Gasteiger partial charge in [0, 0.05) is 6.92 Å². The van der Waals surface area contributed by atoms with Gasteiger partial charge in [-0.25, -0.2) is 4.98 Å². The maximum Gasteiger partial charge on any atom is 0.282 e. The third-order valence-electron chi connectivity index (χ3n) is 0.951. The van der Waals surface area contributed by atoms with Crippen molar-refractivity contribution in [1.29, 1.82) is 0 Å². The number of hydrogen-bond acceptors (Lipinski definition) is 1. The molecular formula is C5H9IN2O. The zero-order valence-electron chi connectivity index (χ0n) is 5.39. The molecule has 0 amide bonds. The summed E-state index contributed by atoms with van der Waals surface area (Å²) in [5.74, 6) is 0. The van der Waals surface area contributed by atoms with E-state index in [9.17, 15) is 0 Å². The van der Waals surface area contributed by atoms with Crippen molar-refractivity contribution in [3.8, 4) is 0 Å². The number of halogens is 1. The molecule has 3 nitrogen and oxygen atoms in total. The normalized spacial score (nSPS) is 8.22. The van der Waals surface area contributed by atoms with Crippen molar-refractivity contribution >= 4 is 0 Å². The molecule has 1 aromatic heterocycles. The van der Waals surface area contributed by atoms with E-state index in [1.54, 1.807) is 18.2 Å². The van der Waals surface area contributed by atoms with Crippen LogP contribution in [0.15, 0.2) is 12.5 Å². The number of aromatic amines is 1. The minimum Gasteiger partial charge on any atom is -1.00 e. The van der Waals surface area contributed by atoms with Crippen molar-refractivity contribution in [3.05, 3.63) is 18.2 Å². The van der Waals surface area contributed by atoms with Gasteiger partial charge in [-0.3, -0.25) is 0 Å². The molecule has 4 heteroatoms. The zero-order valence-corrected chi connectivity index (χ0v) is 7.55. The van der Waals surface area contributed by atoms with Gasteiger partial charge in [-0.05, 0) is 0 Å². The maximum atomic E-state index is 4.82. The van der Waals surface area contributed by atoms with Gasteiger partial charge in [0.1, 0.15) is 12.8 Å². The number of nitrogens with zero attached hydrogens (tertiary/aromatic N) is 1. The molecular weight excluding hydrogens is 231 g/mol. The smallest absolute Gasteiger partial charge is 0.282 e. The molecule has 0 fully saturated rings. The second kappa shape index (κ2) is 3.71. The van der Waals surface area contributed by atoms with Crippen LogP contribution in [-0.4, -0.2) is 12.1 Å². The fraction of sp³-hybridized carbons (Fsp3) is 0.400. The Morgan fingerprint density at radius 2 is 2.33 bits per heavy atom. The van der Waals surface area contributed by atoms with Gasteiger partial charge in [-0.2, -0.15) is 0 Å². The predicted octanol–water partition coefficient (Wildman–Crippen LogP) is -3.33. The molecule has 0 aliphatic heterocycles. The summed E-state index contributed by atoms with van der Waals surface area (Å²) in [6.45, 7) is 1.97. The molecule has 1 aromatic rings. The largest absolute Gasteiger partial charge is 1.00 e. The Hall–Kier alpha value is -0.260. The molecule has 9 heavy (non-hydrogen) atoms. The lowest BCUT2D eigenvalue weighted by Gasteiger charge is -1.83. The van der Waals surface area contributed by atoms with Crippen molar-refractivity contribution in [1.82, 2.24) is 4.98 Å². The first-order valence-corrected chi connectivity index (χ1v) is 2.43. The van der Waals surface area contributed by atoms with E-state index in [-0.39, 0.29) is 24.0 Å². The summed E-state index contributed by atoms with van der Waals surface area (Å²) >= 11 is 0. The summed E-state index contributed by atoms with van der Waals surface area (Å²) in [4.78, 5) is 7.78. The van der Waals surface area contributed by atoms with Crippen LogP contribution in [0.2, 0.25) is 0 Å². The van der Waals surface area contributed by atoms with Gasteiger partial charge < -0.3 is 28.8 Å². The molecule has 1 heterocycles. The molecule has 0 saturated heterocycles. The van der Waals surface area contributed by atoms with Crippen molar-refractivity contribution in [2.24, 2.45) is 0 Å². The van der Waals surface area contributed by atoms with E-state index >= 15 is 0 Å². The summed E-state index contributed by atoms with van der Waals surface area (Å²) in [5, 5.41) is 0. The van der Waals surface area contributed by atoms with Gasteiger partial charge in [-0.1, -0.05) is 4.73 Å². The first-order chi connectivity index (χ1) is 3.83. The summed E-state index contributed by atoms with van der Waals surface area (Å²) in [6.07, 6.45) is 3.61. The van der Waals surface area contributed by atoms with Crippen LogP contribution >= 0.6 is 0 Å². The van der Waals surface area contributed by atoms with Crippen molar-refractivity contribution in [2.45, 2.75) is 6.92 Å². The molecule has 0 unspecified atom stereocenters. The lowest BCUT2D eigenvalue weighted by atomic mass is 10.6. The van der Waals surface area contributed by atoms with Gasteiger partial charge in [0.2, 0.25) is 0 Å². The average molecular weight is 240 g/mol. The van der Waals surface area contributed by atoms with E-state index in [0.717, 1.165) is 5.69 Å². The van der Waals surface area contributed by atoms with Crippen LogP contribution in [0.5, 0.6) is 0 Å². The van der Waals surface area contributed by atoms with Crippen LogP contribution in [0, 0.1) is 6.92 Å². The molecule has 0 atom stereocenters. The Morgan fingerprint density at radius 1 is 1.67 bits per heavy atom. The molecule has 0 spiro atoms. The van der Waals surface area contributed by atoms with Crippen LogP contribution in [0.4, 0.5) is 0 Å². The molecule has 0 bridgehead atoms. The standard InChI is InChI=1S/C5H8N2O.HI/c1-5-3-7(8-2)4-6-5;/h3-4H,1-2H3;1H. The minimum atomic E-state index is 0. The summed E-state index contributed by atoms with van der Waals surface area (Å²) in [5.41, 5.74) is 1.09.